The van der Waals surface area contributed by atoms with Gasteiger partial charge in [-0.3, -0.25) is 9.89 Å². The van der Waals surface area contributed by atoms with E-state index in [-0.39, 0.29) is 11.8 Å². The highest BCUT2D eigenvalue weighted by Crippen LogP contribution is 2.46. The highest BCUT2D eigenvalue weighted by atomic mass is 16.5. The van der Waals surface area contributed by atoms with Gasteiger partial charge < -0.3 is 19.5 Å². The summed E-state index contributed by atoms with van der Waals surface area (Å²) in [7, 11) is 1.63. The topological polar surface area (TPSA) is 85.5 Å². The summed E-state index contributed by atoms with van der Waals surface area (Å²) in [6.07, 6.45) is 2.96. The van der Waals surface area contributed by atoms with Crippen LogP contribution < -0.4 is 19.5 Å². The van der Waals surface area contributed by atoms with Crippen molar-refractivity contribution in [2.45, 2.75) is 18.8 Å². The third-order valence-electron chi connectivity index (χ3n) is 5.12. The van der Waals surface area contributed by atoms with Crippen molar-refractivity contribution in [1.29, 1.82) is 0 Å². The number of amides is 1. The van der Waals surface area contributed by atoms with Gasteiger partial charge in [0.25, 0.3) is 0 Å². The van der Waals surface area contributed by atoms with Crippen LogP contribution in [0.5, 0.6) is 17.2 Å². The summed E-state index contributed by atoms with van der Waals surface area (Å²) in [4.78, 5) is 12.4. The number of ether oxygens (including phenoxy) is 3. The van der Waals surface area contributed by atoms with Gasteiger partial charge in [0.1, 0.15) is 5.75 Å². The lowest BCUT2D eigenvalue weighted by Crippen LogP contribution is -2.23. The summed E-state index contributed by atoms with van der Waals surface area (Å²) >= 11 is 0. The van der Waals surface area contributed by atoms with Crippen molar-refractivity contribution in [3.63, 3.8) is 0 Å². The maximum Gasteiger partial charge on any atom is 0.225 e. The van der Waals surface area contributed by atoms with Gasteiger partial charge in [0, 0.05) is 41.5 Å². The van der Waals surface area contributed by atoms with Gasteiger partial charge in [-0.15, -0.1) is 0 Å². The predicted molar refractivity (Wildman–Crippen MR) is 99.8 cm³/mol. The predicted octanol–water partition coefficient (Wildman–Crippen LogP) is 3.21. The SMILES string of the molecule is COc1cc2c(cc1[C@H]1CC(=O)Nc3cc4[nH]ncc4cc31)OCCCO2. The third kappa shape index (κ3) is 2.66. The van der Waals surface area contributed by atoms with Crippen LogP contribution in [0.15, 0.2) is 30.5 Å². The van der Waals surface area contributed by atoms with E-state index in [2.05, 4.69) is 21.6 Å². The Hall–Kier alpha value is -3.22. The zero-order chi connectivity index (χ0) is 18.4. The Balaban J connectivity index is 1.68. The minimum Gasteiger partial charge on any atom is -0.496 e. The fourth-order valence-electron chi connectivity index (χ4n) is 3.83. The molecule has 0 spiro atoms. The molecule has 0 saturated carbocycles. The van der Waals surface area contributed by atoms with E-state index < -0.39 is 0 Å². The monoisotopic (exact) mass is 365 g/mol. The number of aromatic nitrogens is 2. The number of benzene rings is 2. The molecule has 0 saturated heterocycles. The molecule has 2 aromatic carbocycles. The molecule has 0 fully saturated rings. The van der Waals surface area contributed by atoms with Crippen LogP contribution >= 0.6 is 0 Å². The number of carbonyl (C=O) groups excluding carboxylic acids is 1. The molecule has 7 nitrogen and oxygen atoms in total. The summed E-state index contributed by atoms with van der Waals surface area (Å²) in [5.74, 6) is 1.90. The molecule has 0 aliphatic carbocycles. The lowest BCUT2D eigenvalue weighted by atomic mass is 9.83. The molecule has 2 aliphatic heterocycles. The molecule has 1 aromatic heterocycles. The van der Waals surface area contributed by atoms with Gasteiger partial charge in [0.15, 0.2) is 11.5 Å². The van der Waals surface area contributed by atoms with Crippen LogP contribution in [-0.4, -0.2) is 36.4 Å². The average Bonchev–Trinajstić information content (AvgIpc) is 3.00. The fraction of sp³-hybridized carbons (Fsp3) is 0.300. The van der Waals surface area contributed by atoms with Crippen molar-refractivity contribution in [1.82, 2.24) is 10.2 Å². The summed E-state index contributed by atoms with van der Waals surface area (Å²) in [6.45, 7) is 1.22. The van der Waals surface area contributed by atoms with Crippen molar-refractivity contribution in [2.75, 3.05) is 25.6 Å². The molecule has 0 unspecified atom stereocenters. The first kappa shape index (κ1) is 16.0. The van der Waals surface area contributed by atoms with Crippen molar-refractivity contribution in [2.24, 2.45) is 0 Å². The van der Waals surface area contributed by atoms with E-state index >= 15 is 0 Å². The summed E-state index contributed by atoms with van der Waals surface area (Å²) in [5, 5.41) is 11.0. The minimum absolute atomic E-state index is 0.0273. The second kappa shape index (κ2) is 6.19. The molecule has 2 aliphatic rings. The smallest absolute Gasteiger partial charge is 0.225 e. The molecule has 0 bridgehead atoms. The zero-order valence-corrected chi connectivity index (χ0v) is 14.9. The number of carbonyl (C=O) groups is 1. The number of anilines is 1. The van der Waals surface area contributed by atoms with Crippen molar-refractivity contribution >= 4 is 22.5 Å². The van der Waals surface area contributed by atoms with Crippen LogP contribution in [0.1, 0.15) is 29.9 Å². The number of methoxy groups -OCH3 is 1. The van der Waals surface area contributed by atoms with Crippen LogP contribution in [0.25, 0.3) is 10.9 Å². The van der Waals surface area contributed by atoms with Gasteiger partial charge in [-0.25, -0.2) is 0 Å². The van der Waals surface area contributed by atoms with Gasteiger partial charge in [0.2, 0.25) is 5.91 Å². The number of hydrogen-bond acceptors (Lipinski definition) is 5. The number of H-pyrrole nitrogens is 1. The molecule has 138 valence electrons. The van der Waals surface area contributed by atoms with E-state index in [1.165, 1.54) is 0 Å². The largest absolute Gasteiger partial charge is 0.496 e. The van der Waals surface area contributed by atoms with Crippen molar-refractivity contribution in [3.05, 3.63) is 41.6 Å². The Kier molecular flexibility index (Phi) is 3.67. The molecular weight excluding hydrogens is 346 g/mol. The summed E-state index contributed by atoms with van der Waals surface area (Å²) in [5.41, 5.74) is 3.64. The Bertz CT molecular complexity index is 1040. The first-order valence-corrected chi connectivity index (χ1v) is 8.97. The number of rotatable bonds is 2. The highest BCUT2D eigenvalue weighted by Gasteiger charge is 2.31. The van der Waals surface area contributed by atoms with Gasteiger partial charge in [-0.05, 0) is 23.8 Å². The van der Waals surface area contributed by atoms with E-state index in [1.54, 1.807) is 13.3 Å². The molecule has 1 amide bonds. The Labute approximate surface area is 155 Å². The van der Waals surface area contributed by atoms with Crippen molar-refractivity contribution < 1.29 is 19.0 Å². The van der Waals surface area contributed by atoms with Crippen LogP contribution in [0.4, 0.5) is 5.69 Å². The number of fused-ring (bicyclic) bond motifs is 3. The molecule has 2 N–H and O–H groups in total. The van der Waals surface area contributed by atoms with Gasteiger partial charge >= 0.3 is 0 Å². The molecule has 0 radical (unpaired) electrons. The first-order valence-electron chi connectivity index (χ1n) is 8.97. The van der Waals surface area contributed by atoms with Crippen LogP contribution in [0.2, 0.25) is 0 Å². The Morgan fingerprint density at radius 1 is 1.11 bits per heavy atom. The Morgan fingerprint density at radius 3 is 2.74 bits per heavy atom. The molecule has 3 heterocycles. The number of hydrogen-bond donors (Lipinski definition) is 2. The average molecular weight is 365 g/mol. The number of nitrogens with zero attached hydrogens (tertiary/aromatic N) is 1. The van der Waals surface area contributed by atoms with Crippen LogP contribution in [0, 0.1) is 0 Å². The van der Waals surface area contributed by atoms with Gasteiger partial charge in [0.05, 0.1) is 32.0 Å². The zero-order valence-electron chi connectivity index (χ0n) is 14.9. The van der Waals surface area contributed by atoms with E-state index in [1.807, 2.05) is 18.2 Å². The molecule has 7 heteroatoms. The lowest BCUT2D eigenvalue weighted by Gasteiger charge is -2.28. The lowest BCUT2D eigenvalue weighted by molar-refractivity contribution is -0.116. The van der Waals surface area contributed by atoms with Crippen LogP contribution in [-0.2, 0) is 4.79 Å². The fourth-order valence-corrected chi connectivity index (χ4v) is 3.83. The molecule has 27 heavy (non-hydrogen) atoms. The molecule has 3 aromatic rings. The van der Waals surface area contributed by atoms with E-state index in [4.69, 9.17) is 14.2 Å². The van der Waals surface area contributed by atoms with Crippen molar-refractivity contribution in [3.8, 4) is 17.2 Å². The highest BCUT2D eigenvalue weighted by molar-refractivity contribution is 5.98. The second-order valence-electron chi connectivity index (χ2n) is 6.79. The number of aromatic amines is 1. The normalized spacial score (nSPS) is 18.6. The first-order chi connectivity index (χ1) is 13.2. The summed E-state index contributed by atoms with van der Waals surface area (Å²) in [6, 6.07) is 7.81. The second-order valence-corrected chi connectivity index (χ2v) is 6.79. The number of nitrogens with one attached hydrogen (secondary N) is 2. The summed E-state index contributed by atoms with van der Waals surface area (Å²) < 4.78 is 17.3. The van der Waals surface area contributed by atoms with Gasteiger partial charge in [-0.2, -0.15) is 5.10 Å². The van der Waals surface area contributed by atoms with Crippen LogP contribution in [0.3, 0.4) is 0 Å². The van der Waals surface area contributed by atoms with E-state index in [0.29, 0.717) is 36.9 Å². The molecule has 1 atom stereocenters. The maximum atomic E-state index is 12.4. The van der Waals surface area contributed by atoms with E-state index in [0.717, 1.165) is 34.1 Å². The minimum atomic E-state index is -0.139. The van der Waals surface area contributed by atoms with E-state index in [9.17, 15) is 4.79 Å². The van der Waals surface area contributed by atoms with Gasteiger partial charge in [-0.1, -0.05) is 0 Å². The quantitative estimate of drug-likeness (QED) is 0.728. The third-order valence-corrected chi connectivity index (χ3v) is 5.12. The maximum absolute atomic E-state index is 12.4. The molecular formula is C20H19N3O4. The molecule has 5 rings (SSSR count). The standard InChI is InChI=1S/C20H19N3O4/c1-25-17-9-19-18(26-3-2-4-27-19)6-14(17)12-7-20(24)22-16-8-15-11(5-13(12)16)10-21-23-15/h5-6,8-10,12H,2-4,7H2,1H3,(H,21,23)(H,22,24)/t12-/m0/s1. The Morgan fingerprint density at radius 2 is 1.93 bits per heavy atom.